The van der Waals surface area contributed by atoms with Crippen LogP contribution in [0.15, 0.2) is 0 Å². The van der Waals surface area contributed by atoms with Gasteiger partial charge in [0, 0.05) is 13.1 Å². The summed E-state index contributed by atoms with van der Waals surface area (Å²) in [7, 11) is 0. The number of nitriles is 1. The second-order valence-electron chi connectivity index (χ2n) is 4.79. The molecule has 0 aliphatic carbocycles. The quantitative estimate of drug-likeness (QED) is 0.713. The van der Waals surface area contributed by atoms with Crippen molar-refractivity contribution >= 4 is 5.91 Å². The largest absolute Gasteiger partial charge is 0.342 e. The van der Waals surface area contributed by atoms with Crippen LogP contribution < -0.4 is 0 Å². The maximum absolute atomic E-state index is 11.4. The summed E-state index contributed by atoms with van der Waals surface area (Å²) in [4.78, 5) is 13.3. The van der Waals surface area contributed by atoms with Crippen molar-refractivity contribution in [1.29, 1.82) is 5.26 Å². The fraction of sp³-hybridized carbons (Fsp3) is 0.833. The van der Waals surface area contributed by atoms with E-state index in [0.717, 1.165) is 37.8 Å². The second-order valence-corrected chi connectivity index (χ2v) is 4.79. The Bertz CT molecular complexity index is 247. The van der Waals surface area contributed by atoms with Crippen LogP contribution in [0.4, 0.5) is 0 Å². The van der Waals surface area contributed by atoms with Crippen molar-refractivity contribution in [2.24, 2.45) is 11.8 Å². The number of hydrogen-bond acceptors (Lipinski definition) is 2. The molecule has 0 atom stereocenters. The van der Waals surface area contributed by atoms with Gasteiger partial charge in [0.15, 0.2) is 0 Å². The number of rotatable bonds is 3. The van der Waals surface area contributed by atoms with Gasteiger partial charge in [-0.1, -0.05) is 13.8 Å². The molecule has 1 heterocycles. The third-order valence-electron chi connectivity index (χ3n) is 3.00. The standard InChI is InChI=1S/C12H20N2O/c1-10(2)9-11-4-7-14(8-5-11)12(15)3-6-13/h10-11H,3-5,7-9H2,1-2H3. The van der Waals surface area contributed by atoms with E-state index in [1.807, 2.05) is 11.0 Å². The summed E-state index contributed by atoms with van der Waals surface area (Å²) in [5, 5.41) is 8.44. The molecule has 0 spiro atoms. The van der Waals surface area contributed by atoms with Gasteiger partial charge in [-0.05, 0) is 31.1 Å². The molecule has 1 fully saturated rings. The average Bonchev–Trinajstić information content (AvgIpc) is 2.18. The van der Waals surface area contributed by atoms with E-state index in [0.29, 0.717) is 0 Å². The molecule has 0 saturated carbocycles. The lowest BCUT2D eigenvalue weighted by Crippen LogP contribution is -2.38. The maximum atomic E-state index is 11.4. The van der Waals surface area contributed by atoms with E-state index in [2.05, 4.69) is 13.8 Å². The van der Waals surface area contributed by atoms with Crippen LogP contribution >= 0.6 is 0 Å². The van der Waals surface area contributed by atoms with Gasteiger partial charge in [0.2, 0.25) is 5.91 Å². The first kappa shape index (κ1) is 12.0. The molecule has 1 rings (SSSR count). The molecule has 1 aliphatic rings. The fourth-order valence-corrected chi connectivity index (χ4v) is 2.26. The van der Waals surface area contributed by atoms with Crippen molar-refractivity contribution in [2.75, 3.05) is 13.1 Å². The Kier molecular flexibility index (Phi) is 4.61. The molecule has 1 aliphatic heterocycles. The lowest BCUT2D eigenvalue weighted by atomic mass is 9.88. The van der Waals surface area contributed by atoms with Gasteiger partial charge in [0.25, 0.3) is 0 Å². The molecule has 0 unspecified atom stereocenters. The first-order valence-electron chi connectivity index (χ1n) is 5.78. The number of likely N-dealkylation sites (tertiary alicyclic amines) is 1. The number of nitrogens with zero attached hydrogens (tertiary/aromatic N) is 2. The van der Waals surface area contributed by atoms with Gasteiger partial charge >= 0.3 is 0 Å². The molecular weight excluding hydrogens is 188 g/mol. The van der Waals surface area contributed by atoms with E-state index in [-0.39, 0.29) is 12.3 Å². The summed E-state index contributed by atoms with van der Waals surface area (Å²) in [6.45, 7) is 6.18. The number of hydrogen-bond donors (Lipinski definition) is 0. The number of piperidine rings is 1. The summed E-state index contributed by atoms with van der Waals surface area (Å²) in [5.74, 6) is 1.52. The first-order chi connectivity index (χ1) is 7.13. The van der Waals surface area contributed by atoms with Gasteiger partial charge in [0.05, 0.1) is 6.07 Å². The van der Waals surface area contributed by atoms with E-state index in [1.165, 1.54) is 6.42 Å². The smallest absolute Gasteiger partial charge is 0.236 e. The minimum Gasteiger partial charge on any atom is -0.342 e. The summed E-state index contributed by atoms with van der Waals surface area (Å²) in [5.41, 5.74) is 0. The predicted octanol–water partition coefficient (Wildman–Crippen LogP) is 2.18. The average molecular weight is 208 g/mol. The zero-order valence-corrected chi connectivity index (χ0v) is 9.70. The Morgan fingerprint density at radius 3 is 2.53 bits per heavy atom. The molecule has 0 aromatic heterocycles. The molecule has 1 saturated heterocycles. The Morgan fingerprint density at radius 2 is 2.07 bits per heavy atom. The minimum absolute atomic E-state index is 0.000460. The summed E-state index contributed by atoms with van der Waals surface area (Å²) >= 11 is 0. The number of amides is 1. The van der Waals surface area contributed by atoms with Crippen LogP contribution in [0.5, 0.6) is 0 Å². The Balaban J connectivity index is 2.30. The fourth-order valence-electron chi connectivity index (χ4n) is 2.26. The molecule has 0 bridgehead atoms. The van der Waals surface area contributed by atoms with Crippen molar-refractivity contribution in [3.63, 3.8) is 0 Å². The normalized spacial score (nSPS) is 17.9. The van der Waals surface area contributed by atoms with Gasteiger partial charge in [-0.15, -0.1) is 0 Å². The highest BCUT2D eigenvalue weighted by Crippen LogP contribution is 2.24. The van der Waals surface area contributed by atoms with Crippen molar-refractivity contribution in [2.45, 2.75) is 39.5 Å². The highest BCUT2D eigenvalue weighted by Gasteiger charge is 2.22. The molecule has 15 heavy (non-hydrogen) atoms. The van der Waals surface area contributed by atoms with E-state index in [4.69, 9.17) is 5.26 Å². The third-order valence-corrected chi connectivity index (χ3v) is 3.00. The molecular formula is C12H20N2O. The van der Waals surface area contributed by atoms with Crippen molar-refractivity contribution in [3.05, 3.63) is 0 Å². The van der Waals surface area contributed by atoms with Crippen molar-refractivity contribution in [1.82, 2.24) is 4.90 Å². The van der Waals surface area contributed by atoms with E-state index in [1.54, 1.807) is 0 Å². The predicted molar refractivity (Wildman–Crippen MR) is 59.0 cm³/mol. The summed E-state index contributed by atoms with van der Waals surface area (Å²) in [6, 6.07) is 1.92. The molecule has 0 aromatic carbocycles. The Morgan fingerprint density at radius 1 is 1.47 bits per heavy atom. The monoisotopic (exact) mass is 208 g/mol. The van der Waals surface area contributed by atoms with Crippen molar-refractivity contribution < 1.29 is 4.79 Å². The third kappa shape index (κ3) is 3.91. The van der Waals surface area contributed by atoms with Gasteiger partial charge in [-0.25, -0.2) is 0 Å². The van der Waals surface area contributed by atoms with Crippen LogP contribution in [-0.2, 0) is 4.79 Å². The topological polar surface area (TPSA) is 44.1 Å². The van der Waals surface area contributed by atoms with Gasteiger partial charge in [-0.3, -0.25) is 4.79 Å². The van der Waals surface area contributed by atoms with Crippen LogP contribution in [0.1, 0.15) is 39.5 Å². The highest BCUT2D eigenvalue weighted by molar-refractivity contribution is 5.78. The van der Waals surface area contributed by atoms with E-state index >= 15 is 0 Å². The maximum Gasteiger partial charge on any atom is 0.236 e. The van der Waals surface area contributed by atoms with E-state index in [9.17, 15) is 4.79 Å². The lowest BCUT2D eigenvalue weighted by Gasteiger charge is -2.32. The summed E-state index contributed by atoms with van der Waals surface area (Å²) in [6.07, 6.45) is 3.51. The zero-order chi connectivity index (χ0) is 11.3. The second kappa shape index (κ2) is 5.75. The van der Waals surface area contributed by atoms with Crippen LogP contribution in [-0.4, -0.2) is 23.9 Å². The van der Waals surface area contributed by atoms with Crippen molar-refractivity contribution in [3.8, 4) is 6.07 Å². The summed E-state index contributed by atoms with van der Waals surface area (Å²) < 4.78 is 0. The van der Waals surface area contributed by atoms with Gasteiger partial charge in [0.1, 0.15) is 6.42 Å². The zero-order valence-electron chi connectivity index (χ0n) is 9.70. The molecule has 3 heteroatoms. The molecule has 0 radical (unpaired) electrons. The van der Waals surface area contributed by atoms with Gasteiger partial charge < -0.3 is 4.90 Å². The molecule has 1 amide bonds. The Hall–Kier alpha value is -1.04. The lowest BCUT2D eigenvalue weighted by molar-refractivity contribution is -0.131. The van der Waals surface area contributed by atoms with E-state index < -0.39 is 0 Å². The minimum atomic E-state index is 0.000460. The number of carbonyl (C=O) groups is 1. The van der Waals surface area contributed by atoms with Crippen LogP contribution in [0.3, 0.4) is 0 Å². The highest BCUT2D eigenvalue weighted by atomic mass is 16.2. The Labute approximate surface area is 92.1 Å². The molecule has 0 aromatic rings. The molecule has 3 nitrogen and oxygen atoms in total. The van der Waals surface area contributed by atoms with Crippen LogP contribution in [0, 0.1) is 23.2 Å². The molecule has 84 valence electrons. The van der Waals surface area contributed by atoms with Gasteiger partial charge in [-0.2, -0.15) is 5.26 Å². The van der Waals surface area contributed by atoms with Crippen LogP contribution in [0.2, 0.25) is 0 Å². The molecule has 0 N–H and O–H groups in total. The first-order valence-corrected chi connectivity index (χ1v) is 5.78. The van der Waals surface area contributed by atoms with Crippen LogP contribution in [0.25, 0.3) is 0 Å². The number of carbonyl (C=O) groups excluding carboxylic acids is 1. The SMILES string of the molecule is CC(C)CC1CCN(C(=O)CC#N)CC1.